The highest BCUT2D eigenvalue weighted by molar-refractivity contribution is 6.04. The Morgan fingerprint density at radius 1 is 1.17 bits per heavy atom. The predicted molar refractivity (Wildman–Crippen MR) is 91.2 cm³/mol. The van der Waals surface area contributed by atoms with E-state index in [1.54, 1.807) is 31.2 Å². The Labute approximate surface area is 133 Å². The van der Waals surface area contributed by atoms with Crippen molar-refractivity contribution in [1.82, 2.24) is 0 Å². The van der Waals surface area contributed by atoms with Crippen LogP contribution in [-0.2, 0) is 6.54 Å². The summed E-state index contributed by atoms with van der Waals surface area (Å²) < 4.78 is 5.27. The van der Waals surface area contributed by atoms with Gasteiger partial charge in [-0.3, -0.25) is 4.99 Å². The molecule has 1 heterocycles. The van der Waals surface area contributed by atoms with Gasteiger partial charge in [0.25, 0.3) is 0 Å². The molecule has 1 aromatic heterocycles. The maximum Gasteiger partial charge on any atom is 0.349 e. The van der Waals surface area contributed by atoms with Gasteiger partial charge in [-0.05, 0) is 31.5 Å². The summed E-state index contributed by atoms with van der Waals surface area (Å²) in [7, 11) is 0. The molecule has 3 rings (SSSR count). The first kappa shape index (κ1) is 15.0. The number of aliphatic imine (C=N–C) groups is 1. The summed E-state index contributed by atoms with van der Waals surface area (Å²) in [6.07, 6.45) is 0. The van der Waals surface area contributed by atoms with Crippen LogP contribution in [0.5, 0.6) is 5.75 Å². The summed E-state index contributed by atoms with van der Waals surface area (Å²) in [5.41, 5.74) is 2.58. The Hall–Kier alpha value is -2.88. The lowest BCUT2D eigenvalue weighted by Crippen LogP contribution is -2.13. The zero-order chi connectivity index (χ0) is 16.4. The van der Waals surface area contributed by atoms with Gasteiger partial charge in [0, 0.05) is 0 Å². The molecule has 23 heavy (non-hydrogen) atoms. The molecular formula is C19H17NO3. The highest BCUT2D eigenvalue weighted by Gasteiger charge is 2.15. The lowest BCUT2D eigenvalue weighted by molar-refractivity contribution is 0.466. The van der Waals surface area contributed by atoms with Crippen molar-refractivity contribution >= 4 is 16.7 Å². The maximum absolute atomic E-state index is 12.2. The van der Waals surface area contributed by atoms with Crippen molar-refractivity contribution < 1.29 is 9.52 Å². The number of fused-ring (bicyclic) bond motifs is 1. The van der Waals surface area contributed by atoms with E-state index in [4.69, 9.17) is 4.42 Å². The molecule has 0 fully saturated rings. The van der Waals surface area contributed by atoms with Crippen molar-refractivity contribution in [3.63, 3.8) is 0 Å². The average Bonchev–Trinajstić information content (AvgIpc) is 2.53. The average molecular weight is 307 g/mol. The van der Waals surface area contributed by atoms with E-state index in [2.05, 4.69) is 4.99 Å². The molecule has 0 atom stereocenters. The summed E-state index contributed by atoms with van der Waals surface area (Å²) in [4.78, 5) is 16.6. The molecule has 0 unspecified atom stereocenters. The van der Waals surface area contributed by atoms with Crippen LogP contribution in [-0.4, -0.2) is 10.8 Å². The Bertz CT molecular complexity index is 954. The molecule has 0 aliphatic rings. The second-order valence-electron chi connectivity index (χ2n) is 5.50. The molecule has 0 bridgehead atoms. The third-order valence-corrected chi connectivity index (χ3v) is 3.73. The fourth-order valence-corrected chi connectivity index (χ4v) is 2.55. The Balaban J connectivity index is 2.02. The van der Waals surface area contributed by atoms with Crippen molar-refractivity contribution in [1.29, 1.82) is 0 Å². The van der Waals surface area contributed by atoms with Gasteiger partial charge in [-0.1, -0.05) is 42.0 Å². The Morgan fingerprint density at radius 3 is 2.74 bits per heavy atom. The van der Waals surface area contributed by atoms with E-state index in [-0.39, 0.29) is 11.3 Å². The predicted octanol–water partition coefficient (Wildman–Crippen LogP) is 3.82. The third kappa shape index (κ3) is 3.01. The van der Waals surface area contributed by atoms with Gasteiger partial charge >= 0.3 is 5.63 Å². The largest absolute Gasteiger partial charge is 0.506 e. The minimum absolute atomic E-state index is 0.0812. The fourth-order valence-electron chi connectivity index (χ4n) is 2.55. The van der Waals surface area contributed by atoms with Gasteiger partial charge in [0.05, 0.1) is 17.6 Å². The number of hydrogen-bond donors (Lipinski definition) is 1. The number of para-hydroxylation sites is 1. The van der Waals surface area contributed by atoms with Gasteiger partial charge in [-0.15, -0.1) is 0 Å². The molecule has 1 N–H and O–H groups in total. The van der Waals surface area contributed by atoms with Crippen LogP contribution in [0.4, 0.5) is 0 Å². The third-order valence-electron chi connectivity index (χ3n) is 3.73. The van der Waals surface area contributed by atoms with E-state index in [1.165, 1.54) is 0 Å². The summed E-state index contributed by atoms with van der Waals surface area (Å²) in [5, 5.41) is 10.9. The fraction of sp³-hybridized carbons (Fsp3) is 0.158. The van der Waals surface area contributed by atoms with Crippen molar-refractivity contribution in [2.75, 3.05) is 0 Å². The summed E-state index contributed by atoms with van der Waals surface area (Å²) >= 11 is 0. The first-order chi connectivity index (χ1) is 11.1. The van der Waals surface area contributed by atoms with Gasteiger partial charge in [0.15, 0.2) is 0 Å². The van der Waals surface area contributed by atoms with Crippen LogP contribution in [0.1, 0.15) is 23.6 Å². The zero-order valence-electron chi connectivity index (χ0n) is 13.0. The van der Waals surface area contributed by atoms with Crippen LogP contribution in [0.25, 0.3) is 11.0 Å². The summed E-state index contributed by atoms with van der Waals surface area (Å²) in [6, 6.07) is 14.9. The standard InChI is InChI=1S/C19H17NO3/c1-12-6-5-7-14(10-12)11-20-13(2)17-18(21)15-8-3-4-9-16(15)23-19(17)22/h3-10,21H,11H2,1-2H3. The van der Waals surface area contributed by atoms with E-state index >= 15 is 0 Å². The molecule has 0 spiro atoms. The first-order valence-electron chi connectivity index (χ1n) is 7.38. The topological polar surface area (TPSA) is 62.8 Å². The highest BCUT2D eigenvalue weighted by atomic mass is 16.4. The van der Waals surface area contributed by atoms with Crippen LogP contribution < -0.4 is 5.63 Å². The van der Waals surface area contributed by atoms with E-state index < -0.39 is 5.63 Å². The molecule has 0 aliphatic carbocycles. The van der Waals surface area contributed by atoms with Crippen molar-refractivity contribution in [3.8, 4) is 5.75 Å². The normalized spacial score (nSPS) is 11.8. The van der Waals surface area contributed by atoms with Crippen LogP contribution in [0, 0.1) is 6.92 Å². The van der Waals surface area contributed by atoms with Gasteiger partial charge in [0.2, 0.25) is 0 Å². The Kier molecular flexibility index (Phi) is 3.98. The van der Waals surface area contributed by atoms with E-state index in [0.717, 1.165) is 11.1 Å². The molecule has 3 aromatic rings. The molecule has 4 heteroatoms. The smallest absolute Gasteiger partial charge is 0.349 e. The molecule has 116 valence electrons. The van der Waals surface area contributed by atoms with E-state index in [9.17, 15) is 9.90 Å². The highest BCUT2D eigenvalue weighted by Crippen LogP contribution is 2.26. The van der Waals surface area contributed by atoms with Crippen LogP contribution in [0.15, 0.2) is 62.7 Å². The Morgan fingerprint density at radius 2 is 1.96 bits per heavy atom. The number of rotatable bonds is 3. The zero-order valence-corrected chi connectivity index (χ0v) is 13.0. The molecule has 0 radical (unpaired) electrons. The number of aryl methyl sites for hydroxylation is 1. The minimum Gasteiger partial charge on any atom is -0.506 e. The van der Waals surface area contributed by atoms with Crippen molar-refractivity contribution in [2.24, 2.45) is 4.99 Å². The summed E-state index contributed by atoms with van der Waals surface area (Å²) in [6.45, 7) is 4.17. The van der Waals surface area contributed by atoms with Crippen LogP contribution in [0.2, 0.25) is 0 Å². The van der Waals surface area contributed by atoms with E-state index in [1.807, 2.05) is 31.2 Å². The molecule has 0 saturated heterocycles. The SMILES string of the molecule is CC(=NCc1cccc(C)c1)c1c(O)c2ccccc2oc1=O. The van der Waals surface area contributed by atoms with Gasteiger partial charge < -0.3 is 9.52 Å². The van der Waals surface area contributed by atoms with Crippen LogP contribution >= 0.6 is 0 Å². The lowest BCUT2D eigenvalue weighted by atomic mass is 10.1. The van der Waals surface area contributed by atoms with E-state index in [0.29, 0.717) is 23.2 Å². The lowest BCUT2D eigenvalue weighted by Gasteiger charge is -2.06. The molecule has 2 aromatic carbocycles. The molecule has 0 amide bonds. The van der Waals surface area contributed by atoms with Crippen molar-refractivity contribution in [2.45, 2.75) is 20.4 Å². The minimum atomic E-state index is -0.577. The molecule has 4 nitrogen and oxygen atoms in total. The van der Waals surface area contributed by atoms with Gasteiger partial charge in [0.1, 0.15) is 16.9 Å². The monoisotopic (exact) mass is 307 g/mol. The first-order valence-corrected chi connectivity index (χ1v) is 7.38. The number of benzene rings is 2. The molecular weight excluding hydrogens is 290 g/mol. The molecule has 0 aliphatic heterocycles. The number of aromatic hydroxyl groups is 1. The maximum atomic E-state index is 12.2. The number of hydrogen-bond acceptors (Lipinski definition) is 4. The quantitative estimate of drug-likeness (QED) is 0.591. The van der Waals surface area contributed by atoms with Crippen LogP contribution in [0.3, 0.4) is 0 Å². The van der Waals surface area contributed by atoms with Crippen molar-refractivity contribution in [3.05, 3.63) is 75.6 Å². The summed E-state index contributed by atoms with van der Waals surface area (Å²) in [5.74, 6) is -0.0812. The van der Waals surface area contributed by atoms with Gasteiger partial charge in [-0.2, -0.15) is 0 Å². The second-order valence-corrected chi connectivity index (χ2v) is 5.50. The van der Waals surface area contributed by atoms with Gasteiger partial charge in [-0.25, -0.2) is 4.79 Å². The number of nitrogens with zero attached hydrogens (tertiary/aromatic N) is 1. The molecule has 0 saturated carbocycles. The second kappa shape index (κ2) is 6.08.